The molecular weight excluding hydrogens is 436 g/mol. The van der Waals surface area contributed by atoms with Crippen LogP contribution in [0.1, 0.15) is 36.8 Å². The summed E-state index contributed by atoms with van der Waals surface area (Å²) in [6, 6.07) is 16.5. The smallest absolute Gasteiger partial charge is 0.407 e. The van der Waals surface area contributed by atoms with E-state index in [2.05, 4.69) is 15.7 Å². The van der Waals surface area contributed by atoms with Crippen molar-refractivity contribution < 1.29 is 24.2 Å². The maximum Gasteiger partial charge on any atom is 0.407 e. The molecule has 1 aromatic heterocycles. The fraction of sp³-hybridized carbons (Fsp3) is 0.280. The Morgan fingerprint density at radius 1 is 1.06 bits per heavy atom. The summed E-state index contributed by atoms with van der Waals surface area (Å²) in [5.41, 5.74) is 4.36. The summed E-state index contributed by atoms with van der Waals surface area (Å²) in [6.45, 7) is 2.64. The normalized spacial score (nSPS) is 13.0. The number of anilines is 1. The van der Waals surface area contributed by atoms with Crippen molar-refractivity contribution in [3.05, 3.63) is 71.9 Å². The summed E-state index contributed by atoms with van der Waals surface area (Å²) in [4.78, 5) is 36.4. The lowest BCUT2D eigenvalue weighted by atomic mass is 9.98. The largest absolute Gasteiger partial charge is 0.481 e. The lowest BCUT2D eigenvalue weighted by molar-refractivity contribution is -0.137. The highest BCUT2D eigenvalue weighted by Gasteiger charge is 2.30. The van der Waals surface area contributed by atoms with E-state index in [1.54, 1.807) is 16.9 Å². The third-order valence-electron chi connectivity index (χ3n) is 5.82. The standard InChI is InChI=1S/C25H26N4O5/c1-2-29-14-13-22(28-29)27-24(32)21(11-12-23(30)31)26-25(33)34-15-20-18-9-5-3-7-16(18)17-8-4-6-10-19(17)20/h3-10,13-14,20-21H,2,11-12,15H2,1H3,(H,26,33)(H,30,31)(H,27,28,32). The van der Waals surface area contributed by atoms with Crippen molar-refractivity contribution in [3.8, 4) is 11.1 Å². The lowest BCUT2D eigenvalue weighted by Gasteiger charge is -2.19. The van der Waals surface area contributed by atoms with Gasteiger partial charge in [0.2, 0.25) is 5.91 Å². The number of aliphatic carboxylic acids is 1. The number of hydrogen-bond donors (Lipinski definition) is 3. The van der Waals surface area contributed by atoms with Crippen LogP contribution in [0, 0.1) is 0 Å². The van der Waals surface area contributed by atoms with Gasteiger partial charge in [-0.1, -0.05) is 48.5 Å². The van der Waals surface area contributed by atoms with Gasteiger partial charge in [0.15, 0.2) is 5.82 Å². The van der Waals surface area contributed by atoms with Crippen molar-refractivity contribution in [1.82, 2.24) is 15.1 Å². The van der Waals surface area contributed by atoms with Crippen LogP contribution < -0.4 is 10.6 Å². The number of fused-ring (bicyclic) bond motifs is 3. The maximum atomic E-state index is 12.7. The van der Waals surface area contributed by atoms with E-state index in [0.717, 1.165) is 22.3 Å². The predicted molar refractivity (Wildman–Crippen MR) is 125 cm³/mol. The number of carboxylic acids is 1. The first-order valence-electron chi connectivity index (χ1n) is 11.1. The molecular formula is C25H26N4O5. The molecule has 1 aliphatic carbocycles. The second kappa shape index (κ2) is 10.2. The summed E-state index contributed by atoms with van der Waals surface area (Å²) in [5.74, 6) is -1.43. The Hall–Kier alpha value is -4.14. The number of carbonyl (C=O) groups is 3. The van der Waals surface area contributed by atoms with Crippen molar-refractivity contribution in [2.24, 2.45) is 0 Å². The van der Waals surface area contributed by atoms with Crippen molar-refractivity contribution in [2.75, 3.05) is 11.9 Å². The van der Waals surface area contributed by atoms with Crippen LogP contribution in [-0.2, 0) is 20.9 Å². The van der Waals surface area contributed by atoms with Gasteiger partial charge in [0.1, 0.15) is 12.6 Å². The molecule has 2 amide bonds. The minimum absolute atomic E-state index is 0.0835. The van der Waals surface area contributed by atoms with Gasteiger partial charge >= 0.3 is 12.1 Å². The van der Waals surface area contributed by atoms with Gasteiger partial charge in [-0.3, -0.25) is 14.3 Å². The van der Waals surface area contributed by atoms with Crippen molar-refractivity contribution in [3.63, 3.8) is 0 Å². The van der Waals surface area contributed by atoms with Crippen LogP contribution in [0.3, 0.4) is 0 Å². The van der Waals surface area contributed by atoms with E-state index >= 15 is 0 Å². The van der Waals surface area contributed by atoms with Crippen molar-refractivity contribution in [2.45, 2.75) is 38.3 Å². The Bertz CT molecular complexity index is 1160. The van der Waals surface area contributed by atoms with E-state index in [1.807, 2.05) is 55.5 Å². The molecule has 0 radical (unpaired) electrons. The zero-order valence-electron chi connectivity index (χ0n) is 18.7. The van der Waals surface area contributed by atoms with Gasteiger partial charge in [-0.2, -0.15) is 5.10 Å². The number of nitrogens with one attached hydrogen (secondary N) is 2. The molecule has 1 unspecified atom stereocenters. The molecule has 0 fully saturated rings. The first kappa shape index (κ1) is 23.0. The average Bonchev–Trinajstić information content (AvgIpc) is 3.42. The highest BCUT2D eigenvalue weighted by molar-refractivity contribution is 5.96. The summed E-state index contributed by atoms with van der Waals surface area (Å²) in [5, 5.41) is 18.4. The van der Waals surface area contributed by atoms with E-state index in [-0.39, 0.29) is 25.4 Å². The molecule has 0 aliphatic heterocycles. The molecule has 0 saturated heterocycles. The molecule has 9 heteroatoms. The Morgan fingerprint density at radius 3 is 2.29 bits per heavy atom. The highest BCUT2D eigenvalue weighted by atomic mass is 16.5. The summed E-state index contributed by atoms with van der Waals surface area (Å²) in [7, 11) is 0. The summed E-state index contributed by atoms with van der Waals surface area (Å²) in [6.07, 6.45) is 0.553. The SMILES string of the molecule is CCn1ccc(NC(=O)C(CCC(=O)O)NC(=O)OCC2c3ccccc3-c3ccccc32)n1. The molecule has 4 rings (SSSR count). The molecule has 1 aliphatic rings. The Kier molecular flexibility index (Phi) is 6.91. The molecule has 9 nitrogen and oxygen atoms in total. The van der Waals surface area contributed by atoms with Crippen molar-refractivity contribution in [1.29, 1.82) is 0 Å². The molecule has 2 aromatic carbocycles. The van der Waals surface area contributed by atoms with E-state index < -0.39 is 24.0 Å². The van der Waals surface area contributed by atoms with Gasteiger partial charge in [-0.15, -0.1) is 0 Å². The molecule has 1 heterocycles. The molecule has 34 heavy (non-hydrogen) atoms. The number of hydrogen-bond acceptors (Lipinski definition) is 5. The van der Waals surface area contributed by atoms with Crippen LogP contribution in [0.4, 0.5) is 10.6 Å². The monoisotopic (exact) mass is 462 g/mol. The quantitative estimate of drug-likeness (QED) is 0.446. The van der Waals surface area contributed by atoms with Crippen LogP contribution in [0.5, 0.6) is 0 Å². The molecule has 0 saturated carbocycles. The Morgan fingerprint density at radius 2 is 1.71 bits per heavy atom. The molecule has 3 N–H and O–H groups in total. The highest BCUT2D eigenvalue weighted by Crippen LogP contribution is 2.44. The van der Waals surface area contributed by atoms with Gasteiger partial charge < -0.3 is 20.5 Å². The minimum atomic E-state index is -1.08. The molecule has 176 valence electrons. The lowest BCUT2D eigenvalue weighted by Crippen LogP contribution is -2.44. The fourth-order valence-corrected chi connectivity index (χ4v) is 4.14. The minimum Gasteiger partial charge on any atom is -0.481 e. The predicted octanol–water partition coefficient (Wildman–Crippen LogP) is 3.61. The zero-order chi connectivity index (χ0) is 24.1. The number of amides is 2. The zero-order valence-corrected chi connectivity index (χ0v) is 18.7. The van der Waals surface area contributed by atoms with E-state index in [0.29, 0.717) is 12.4 Å². The summed E-state index contributed by atoms with van der Waals surface area (Å²) < 4.78 is 7.14. The van der Waals surface area contributed by atoms with Gasteiger partial charge in [0.25, 0.3) is 0 Å². The van der Waals surface area contributed by atoms with Gasteiger partial charge in [0, 0.05) is 31.1 Å². The number of benzene rings is 2. The Labute approximate surface area is 196 Å². The van der Waals surface area contributed by atoms with E-state index in [9.17, 15) is 14.4 Å². The van der Waals surface area contributed by atoms with E-state index in [4.69, 9.17) is 9.84 Å². The topological polar surface area (TPSA) is 123 Å². The third kappa shape index (κ3) is 5.09. The van der Waals surface area contributed by atoms with Gasteiger partial charge in [-0.25, -0.2) is 4.79 Å². The number of nitrogens with zero attached hydrogens (tertiary/aromatic N) is 2. The molecule has 0 bridgehead atoms. The number of aryl methyl sites for hydroxylation is 1. The number of aromatic nitrogens is 2. The number of alkyl carbamates (subject to hydrolysis) is 1. The van der Waals surface area contributed by atoms with Gasteiger partial charge in [0.05, 0.1) is 0 Å². The van der Waals surface area contributed by atoms with Crippen LogP contribution in [-0.4, -0.2) is 45.5 Å². The number of ether oxygens (including phenoxy) is 1. The molecule has 0 spiro atoms. The molecule has 1 atom stereocenters. The average molecular weight is 463 g/mol. The van der Waals surface area contributed by atoms with Crippen molar-refractivity contribution >= 4 is 23.8 Å². The number of carboxylic acid groups (broad SMARTS) is 1. The maximum absolute atomic E-state index is 12.7. The first-order valence-corrected chi connectivity index (χ1v) is 11.1. The summed E-state index contributed by atoms with van der Waals surface area (Å²) >= 11 is 0. The van der Waals surface area contributed by atoms with Crippen LogP contribution in [0.15, 0.2) is 60.8 Å². The van der Waals surface area contributed by atoms with E-state index in [1.165, 1.54) is 0 Å². The van der Waals surface area contributed by atoms with Gasteiger partial charge in [-0.05, 0) is 35.6 Å². The number of carbonyl (C=O) groups excluding carboxylic acids is 2. The molecule has 3 aromatic rings. The second-order valence-corrected chi connectivity index (χ2v) is 8.00. The second-order valence-electron chi connectivity index (χ2n) is 8.00. The fourth-order valence-electron chi connectivity index (χ4n) is 4.14. The third-order valence-corrected chi connectivity index (χ3v) is 5.82. The first-order chi connectivity index (χ1) is 16.5. The van der Waals surface area contributed by atoms with Crippen LogP contribution in [0.2, 0.25) is 0 Å². The van der Waals surface area contributed by atoms with Crippen LogP contribution >= 0.6 is 0 Å². The van der Waals surface area contributed by atoms with Crippen LogP contribution in [0.25, 0.3) is 11.1 Å². The Balaban J connectivity index is 1.41. The number of rotatable bonds is 9.